The lowest BCUT2D eigenvalue weighted by atomic mass is 10.0. The second kappa shape index (κ2) is 4.05. The minimum Gasteiger partial charge on any atom is -0.478 e. The summed E-state index contributed by atoms with van der Waals surface area (Å²) in [5.74, 6) is -0.982. The zero-order valence-corrected chi connectivity index (χ0v) is 9.70. The number of carbonyl (C=O) groups is 2. The number of carboxylic acid groups (broad SMARTS) is 1. The van der Waals surface area contributed by atoms with E-state index in [1.54, 1.807) is 13.0 Å². The molecule has 0 aliphatic carbocycles. The first-order valence-corrected chi connectivity index (χ1v) is 5.42. The number of aromatic carboxylic acids is 1. The van der Waals surface area contributed by atoms with Crippen LogP contribution < -0.4 is 0 Å². The minimum absolute atomic E-state index is 0.218. The summed E-state index contributed by atoms with van der Waals surface area (Å²) in [6.07, 6.45) is 1.50. The number of nitrogens with one attached hydrogen (secondary N) is 1. The van der Waals surface area contributed by atoms with Crippen molar-refractivity contribution < 1.29 is 14.7 Å². The van der Waals surface area contributed by atoms with Crippen molar-refractivity contribution in [2.24, 2.45) is 0 Å². The summed E-state index contributed by atoms with van der Waals surface area (Å²) in [6, 6.07) is 3.52. The first kappa shape index (κ1) is 11.4. The van der Waals surface area contributed by atoms with Crippen LogP contribution in [0.3, 0.4) is 0 Å². The zero-order chi connectivity index (χ0) is 12.6. The molecule has 0 fully saturated rings. The third-order valence-electron chi connectivity index (χ3n) is 2.96. The maximum absolute atomic E-state index is 11.2. The van der Waals surface area contributed by atoms with E-state index in [9.17, 15) is 9.59 Å². The summed E-state index contributed by atoms with van der Waals surface area (Å²) < 4.78 is 0. The molecule has 0 aliphatic heterocycles. The zero-order valence-electron chi connectivity index (χ0n) is 9.70. The highest BCUT2D eigenvalue weighted by Crippen LogP contribution is 2.26. The van der Waals surface area contributed by atoms with Crippen molar-refractivity contribution in [3.63, 3.8) is 0 Å². The smallest absolute Gasteiger partial charge is 0.337 e. The van der Waals surface area contributed by atoms with E-state index in [1.807, 2.05) is 13.0 Å². The SMILES string of the molecule is CCc1cc(C(=O)O)c2[nH]c(C)c(C=O)c2c1. The fraction of sp³-hybridized carbons (Fsp3) is 0.231. The van der Waals surface area contributed by atoms with Crippen LogP contribution in [0.4, 0.5) is 0 Å². The van der Waals surface area contributed by atoms with Gasteiger partial charge in [-0.15, -0.1) is 0 Å². The van der Waals surface area contributed by atoms with Crippen molar-refractivity contribution in [3.8, 4) is 0 Å². The summed E-state index contributed by atoms with van der Waals surface area (Å²) >= 11 is 0. The Hall–Kier alpha value is -2.10. The second-order valence-electron chi connectivity index (χ2n) is 4.01. The Morgan fingerprint density at radius 1 is 1.47 bits per heavy atom. The molecule has 0 atom stereocenters. The molecule has 0 unspecified atom stereocenters. The van der Waals surface area contributed by atoms with Crippen molar-refractivity contribution in [2.45, 2.75) is 20.3 Å². The molecule has 2 aromatic rings. The number of fused-ring (bicyclic) bond motifs is 1. The standard InChI is InChI=1S/C13H13NO3/c1-3-8-4-9-11(6-15)7(2)14-12(9)10(5-8)13(16)17/h4-6,14H,3H2,1-2H3,(H,16,17). The lowest BCUT2D eigenvalue weighted by Gasteiger charge is -2.02. The van der Waals surface area contributed by atoms with Gasteiger partial charge in [0, 0.05) is 16.6 Å². The Balaban J connectivity index is 2.90. The molecule has 0 saturated heterocycles. The number of aryl methyl sites for hydroxylation is 2. The number of aldehydes is 1. The third kappa shape index (κ3) is 1.71. The van der Waals surface area contributed by atoms with Gasteiger partial charge in [0.2, 0.25) is 0 Å². The summed E-state index contributed by atoms with van der Waals surface area (Å²) in [7, 11) is 0. The first-order chi connectivity index (χ1) is 8.08. The molecule has 2 N–H and O–H groups in total. The maximum Gasteiger partial charge on any atom is 0.337 e. The Morgan fingerprint density at radius 3 is 2.71 bits per heavy atom. The second-order valence-corrected chi connectivity index (χ2v) is 4.01. The number of H-pyrrole nitrogens is 1. The first-order valence-electron chi connectivity index (χ1n) is 5.42. The number of hydrogen-bond acceptors (Lipinski definition) is 2. The normalized spacial score (nSPS) is 10.7. The molecule has 2 rings (SSSR count). The van der Waals surface area contributed by atoms with E-state index < -0.39 is 5.97 Å². The van der Waals surface area contributed by atoms with Crippen molar-refractivity contribution in [1.29, 1.82) is 0 Å². The lowest BCUT2D eigenvalue weighted by Crippen LogP contribution is -1.99. The van der Waals surface area contributed by atoms with E-state index in [1.165, 1.54) is 0 Å². The van der Waals surface area contributed by atoms with Gasteiger partial charge < -0.3 is 10.1 Å². The van der Waals surface area contributed by atoms with E-state index >= 15 is 0 Å². The number of carbonyl (C=O) groups excluding carboxylic acids is 1. The molecule has 4 nitrogen and oxygen atoms in total. The number of carboxylic acids is 1. The van der Waals surface area contributed by atoms with E-state index in [-0.39, 0.29) is 5.56 Å². The van der Waals surface area contributed by atoms with Crippen molar-refractivity contribution in [1.82, 2.24) is 4.98 Å². The summed E-state index contributed by atoms with van der Waals surface area (Å²) in [4.78, 5) is 25.2. The average Bonchev–Trinajstić information content (AvgIpc) is 2.62. The fourth-order valence-electron chi connectivity index (χ4n) is 2.03. The molecule has 0 amide bonds. The number of rotatable bonds is 3. The van der Waals surface area contributed by atoms with Crippen LogP contribution in [0.25, 0.3) is 10.9 Å². The number of benzene rings is 1. The minimum atomic E-state index is -0.982. The van der Waals surface area contributed by atoms with Gasteiger partial charge >= 0.3 is 5.97 Å². The molecule has 1 aromatic heterocycles. The van der Waals surface area contributed by atoms with E-state index in [2.05, 4.69) is 4.98 Å². The quantitative estimate of drug-likeness (QED) is 0.797. The predicted octanol–water partition coefficient (Wildman–Crippen LogP) is 2.55. The Bertz CT molecular complexity index is 611. The number of hydrogen-bond donors (Lipinski definition) is 2. The largest absolute Gasteiger partial charge is 0.478 e. The van der Waals surface area contributed by atoms with E-state index in [4.69, 9.17) is 5.11 Å². The molecule has 88 valence electrons. The van der Waals surface area contributed by atoms with Crippen molar-refractivity contribution in [3.05, 3.63) is 34.5 Å². The molecule has 0 bridgehead atoms. The molecule has 0 saturated carbocycles. The van der Waals surface area contributed by atoms with Crippen LogP contribution in [0.5, 0.6) is 0 Å². The van der Waals surface area contributed by atoms with Crippen LogP contribution in [0.1, 0.15) is 38.9 Å². The topological polar surface area (TPSA) is 70.2 Å². The van der Waals surface area contributed by atoms with Gasteiger partial charge in [0.25, 0.3) is 0 Å². The van der Waals surface area contributed by atoms with Crippen molar-refractivity contribution in [2.75, 3.05) is 0 Å². The fourth-order valence-corrected chi connectivity index (χ4v) is 2.03. The van der Waals surface area contributed by atoms with Gasteiger partial charge in [0.15, 0.2) is 6.29 Å². The van der Waals surface area contributed by atoms with Crippen LogP contribution >= 0.6 is 0 Å². The van der Waals surface area contributed by atoms with Crippen LogP contribution in [0.15, 0.2) is 12.1 Å². The molecule has 1 aromatic carbocycles. The molecule has 17 heavy (non-hydrogen) atoms. The highest BCUT2D eigenvalue weighted by Gasteiger charge is 2.16. The van der Waals surface area contributed by atoms with Crippen LogP contribution in [0.2, 0.25) is 0 Å². The molecule has 0 aliphatic rings. The summed E-state index contributed by atoms with van der Waals surface area (Å²) in [5, 5.41) is 9.86. The predicted molar refractivity (Wildman–Crippen MR) is 64.8 cm³/mol. The van der Waals surface area contributed by atoms with Crippen LogP contribution in [-0.2, 0) is 6.42 Å². The molecule has 0 radical (unpaired) electrons. The summed E-state index contributed by atoms with van der Waals surface area (Å²) in [5.41, 5.74) is 2.89. The van der Waals surface area contributed by atoms with Crippen LogP contribution in [-0.4, -0.2) is 22.3 Å². The number of aromatic nitrogens is 1. The highest BCUT2D eigenvalue weighted by atomic mass is 16.4. The van der Waals surface area contributed by atoms with Gasteiger partial charge in [-0.2, -0.15) is 0 Å². The van der Waals surface area contributed by atoms with Gasteiger partial charge in [-0.3, -0.25) is 4.79 Å². The van der Waals surface area contributed by atoms with Crippen LogP contribution in [0, 0.1) is 6.92 Å². The Labute approximate surface area is 98.3 Å². The molecule has 0 spiro atoms. The van der Waals surface area contributed by atoms with Gasteiger partial charge in [0.05, 0.1) is 11.1 Å². The van der Waals surface area contributed by atoms with Gasteiger partial charge in [0.1, 0.15) is 0 Å². The Morgan fingerprint density at radius 2 is 2.18 bits per heavy atom. The third-order valence-corrected chi connectivity index (χ3v) is 2.96. The molecular weight excluding hydrogens is 218 g/mol. The summed E-state index contributed by atoms with van der Waals surface area (Å²) in [6.45, 7) is 3.72. The van der Waals surface area contributed by atoms with E-state index in [0.29, 0.717) is 22.2 Å². The molecule has 4 heteroatoms. The maximum atomic E-state index is 11.2. The van der Waals surface area contributed by atoms with Gasteiger partial charge in [-0.25, -0.2) is 4.79 Å². The van der Waals surface area contributed by atoms with Crippen molar-refractivity contribution >= 4 is 23.2 Å². The number of aromatic amines is 1. The van der Waals surface area contributed by atoms with Gasteiger partial charge in [-0.1, -0.05) is 6.92 Å². The van der Waals surface area contributed by atoms with Gasteiger partial charge in [-0.05, 0) is 31.0 Å². The monoisotopic (exact) mass is 231 g/mol. The highest BCUT2D eigenvalue weighted by molar-refractivity contribution is 6.08. The molecule has 1 heterocycles. The van der Waals surface area contributed by atoms with E-state index in [0.717, 1.165) is 18.3 Å². The lowest BCUT2D eigenvalue weighted by molar-refractivity contribution is 0.0698. The Kier molecular flexibility index (Phi) is 2.71. The average molecular weight is 231 g/mol. The molecular formula is C13H13NO3.